The summed E-state index contributed by atoms with van der Waals surface area (Å²) in [5, 5.41) is 23.3. The van der Waals surface area contributed by atoms with Crippen LogP contribution in [0, 0.1) is 17.0 Å². The van der Waals surface area contributed by atoms with E-state index < -0.39 is 39.8 Å². The molecule has 3 rings (SSSR count). The van der Waals surface area contributed by atoms with Crippen molar-refractivity contribution in [2.24, 2.45) is 0 Å². The van der Waals surface area contributed by atoms with Crippen LogP contribution in [0.1, 0.15) is 18.1 Å². The maximum Gasteiger partial charge on any atom is 0.335 e. The van der Waals surface area contributed by atoms with Gasteiger partial charge < -0.3 is 9.84 Å². The number of urea groups is 1. The van der Waals surface area contributed by atoms with Crippen LogP contribution in [0.3, 0.4) is 0 Å². The second kappa shape index (κ2) is 8.03. The standard InChI is InChI=1S/C20H17N3O7/c1-3-30-16-10-12(9-15(17(16)24)23(28)29)8-14-18(25)21-20(27)22(19(14)26)13-6-4-5-11(2)7-13/h4-10,24H,3H2,1-2H3,(H,21,25,27). The minimum Gasteiger partial charge on any atom is -0.500 e. The lowest BCUT2D eigenvalue weighted by Gasteiger charge is -2.26. The summed E-state index contributed by atoms with van der Waals surface area (Å²) in [7, 11) is 0. The number of aromatic hydroxyl groups is 1. The molecule has 0 bridgehead atoms. The number of imide groups is 2. The second-order valence-corrected chi connectivity index (χ2v) is 6.37. The van der Waals surface area contributed by atoms with Crippen molar-refractivity contribution in [1.29, 1.82) is 0 Å². The normalized spacial score (nSPS) is 15.3. The van der Waals surface area contributed by atoms with E-state index in [1.165, 1.54) is 12.1 Å². The summed E-state index contributed by atoms with van der Waals surface area (Å²) in [6, 6.07) is 7.93. The summed E-state index contributed by atoms with van der Waals surface area (Å²) in [5.74, 6) is -2.67. The average molecular weight is 411 g/mol. The highest BCUT2D eigenvalue weighted by Crippen LogP contribution is 2.38. The molecule has 0 aliphatic carbocycles. The first-order valence-corrected chi connectivity index (χ1v) is 8.85. The zero-order valence-corrected chi connectivity index (χ0v) is 16.0. The molecular weight excluding hydrogens is 394 g/mol. The van der Waals surface area contributed by atoms with E-state index in [0.29, 0.717) is 0 Å². The van der Waals surface area contributed by atoms with Crippen molar-refractivity contribution >= 4 is 35.3 Å². The number of barbiturate groups is 1. The van der Waals surface area contributed by atoms with Gasteiger partial charge in [-0.3, -0.25) is 25.0 Å². The zero-order valence-electron chi connectivity index (χ0n) is 16.0. The fourth-order valence-electron chi connectivity index (χ4n) is 2.93. The summed E-state index contributed by atoms with van der Waals surface area (Å²) in [4.78, 5) is 48.7. The van der Waals surface area contributed by atoms with Gasteiger partial charge in [-0.1, -0.05) is 12.1 Å². The molecule has 1 aliphatic rings. The van der Waals surface area contributed by atoms with Crippen LogP contribution in [-0.2, 0) is 9.59 Å². The molecule has 1 aliphatic heterocycles. The van der Waals surface area contributed by atoms with Crippen LogP contribution in [0.5, 0.6) is 11.5 Å². The number of nitrogens with one attached hydrogen (secondary N) is 1. The van der Waals surface area contributed by atoms with Crippen molar-refractivity contribution in [3.63, 3.8) is 0 Å². The molecule has 1 heterocycles. The highest BCUT2D eigenvalue weighted by atomic mass is 16.6. The van der Waals surface area contributed by atoms with Crippen LogP contribution >= 0.6 is 0 Å². The lowest BCUT2D eigenvalue weighted by atomic mass is 10.1. The molecule has 0 aromatic heterocycles. The van der Waals surface area contributed by atoms with E-state index in [1.807, 2.05) is 0 Å². The molecule has 10 heteroatoms. The van der Waals surface area contributed by atoms with Crippen LogP contribution < -0.4 is 15.0 Å². The predicted molar refractivity (Wildman–Crippen MR) is 106 cm³/mol. The first-order chi connectivity index (χ1) is 14.2. The SMILES string of the molecule is CCOc1cc(C=C2C(=O)NC(=O)N(c3cccc(C)c3)C2=O)cc([N+](=O)[O-])c1O. The van der Waals surface area contributed by atoms with E-state index in [9.17, 15) is 29.6 Å². The van der Waals surface area contributed by atoms with Crippen LogP contribution in [0.4, 0.5) is 16.2 Å². The highest BCUT2D eigenvalue weighted by molar-refractivity contribution is 6.39. The van der Waals surface area contributed by atoms with Crippen LogP contribution in [0.15, 0.2) is 42.0 Å². The van der Waals surface area contributed by atoms with Crippen molar-refractivity contribution in [2.45, 2.75) is 13.8 Å². The topological polar surface area (TPSA) is 139 Å². The van der Waals surface area contributed by atoms with Crippen molar-refractivity contribution in [2.75, 3.05) is 11.5 Å². The van der Waals surface area contributed by atoms with Gasteiger partial charge >= 0.3 is 11.7 Å². The number of phenols is 1. The van der Waals surface area contributed by atoms with E-state index in [2.05, 4.69) is 5.32 Å². The van der Waals surface area contributed by atoms with Gasteiger partial charge in [-0.25, -0.2) is 9.69 Å². The van der Waals surface area contributed by atoms with Gasteiger partial charge in [0.2, 0.25) is 5.75 Å². The van der Waals surface area contributed by atoms with Crippen molar-refractivity contribution in [1.82, 2.24) is 5.32 Å². The van der Waals surface area contributed by atoms with Gasteiger partial charge in [0, 0.05) is 6.07 Å². The first-order valence-electron chi connectivity index (χ1n) is 8.85. The number of hydrogen-bond donors (Lipinski definition) is 2. The fraction of sp³-hybridized carbons (Fsp3) is 0.150. The Balaban J connectivity index is 2.09. The van der Waals surface area contributed by atoms with Crippen LogP contribution in [0.25, 0.3) is 6.08 Å². The lowest BCUT2D eigenvalue weighted by Crippen LogP contribution is -2.54. The summed E-state index contributed by atoms with van der Waals surface area (Å²) >= 11 is 0. The predicted octanol–water partition coefficient (Wildman–Crippen LogP) is 2.67. The number of nitro benzene ring substituents is 1. The summed E-state index contributed by atoms with van der Waals surface area (Å²) in [6.07, 6.45) is 1.10. The molecule has 2 N–H and O–H groups in total. The van der Waals surface area contributed by atoms with Gasteiger partial charge in [0.25, 0.3) is 11.8 Å². The quantitative estimate of drug-likeness (QED) is 0.334. The van der Waals surface area contributed by atoms with E-state index in [4.69, 9.17) is 4.74 Å². The summed E-state index contributed by atoms with van der Waals surface area (Å²) in [5.41, 5.74) is 0.0789. The number of amides is 4. The lowest BCUT2D eigenvalue weighted by molar-refractivity contribution is -0.386. The number of benzene rings is 2. The van der Waals surface area contributed by atoms with E-state index in [-0.39, 0.29) is 23.6 Å². The van der Waals surface area contributed by atoms with E-state index in [1.54, 1.807) is 32.0 Å². The van der Waals surface area contributed by atoms with Crippen LogP contribution in [-0.4, -0.2) is 34.5 Å². The van der Waals surface area contributed by atoms with Gasteiger partial charge in [0.15, 0.2) is 5.75 Å². The molecule has 0 spiro atoms. The van der Waals surface area contributed by atoms with E-state index >= 15 is 0 Å². The zero-order chi connectivity index (χ0) is 22.0. The smallest absolute Gasteiger partial charge is 0.335 e. The Morgan fingerprint density at radius 2 is 1.97 bits per heavy atom. The van der Waals surface area contributed by atoms with Gasteiger partial charge in [-0.2, -0.15) is 0 Å². The Hall–Kier alpha value is -4.21. The second-order valence-electron chi connectivity index (χ2n) is 6.37. The molecule has 2 aromatic carbocycles. The molecule has 154 valence electrons. The Morgan fingerprint density at radius 3 is 2.60 bits per heavy atom. The number of ether oxygens (including phenoxy) is 1. The molecule has 0 unspecified atom stereocenters. The minimum atomic E-state index is -0.942. The molecule has 4 amide bonds. The molecule has 1 fully saturated rings. The molecule has 0 saturated carbocycles. The molecule has 0 radical (unpaired) electrons. The number of nitrogens with zero attached hydrogens (tertiary/aromatic N) is 2. The number of rotatable bonds is 5. The van der Waals surface area contributed by atoms with Crippen LogP contribution in [0.2, 0.25) is 0 Å². The number of anilines is 1. The summed E-state index contributed by atoms with van der Waals surface area (Å²) < 4.78 is 5.20. The van der Waals surface area contributed by atoms with Gasteiger partial charge in [0.1, 0.15) is 5.57 Å². The van der Waals surface area contributed by atoms with Crippen molar-refractivity contribution < 1.29 is 29.2 Å². The molecular formula is C20H17N3O7. The molecule has 2 aromatic rings. The monoisotopic (exact) mass is 411 g/mol. The number of hydrogen-bond acceptors (Lipinski definition) is 7. The maximum absolute atomic E-state index is 12.9. The third-order valence-electron chi connectivity index (χ3n) is 4.25. The average Bonchev–Trinajstić information content (AvgIpc) is 2.67. The third kappa shape index (κ3) is 3.83. The van der Waals surface area contributed by atoms with E-state index in [0.717, 1.165) is 22.6 Å². The Bertz CT molecular complexity index is 1110. The number of carbonyl (C=O) groups is 3. The number of aryl methyl sites for hydroxylation is 1. The highest BCUT2D eigenvalue weighted by Gasteiger charge is 2.37. The Kier molecular flexibility index (Phi) is 5.50. The van der Waals surface area contributed by atoms with Gasteiger partial charge in [0.05, 0.1) is 17.2 Å². The fourth-order valence-corrected chi connectivity index (χ4v) is 2.93. The summed E-state index contributed by atoms with van der Waals surface area (Å²) in [6.45, 7) is 3.53. The molecule has 10 nitrogen and oxygen atoms in total. The van der Waals surface area contributed by atoms with Gasteiger partial charge in [-0.05, 0) is 49.2 Å². The van der Waals surface area contributed by atoms with Crippen molar-refractivity contribution in [3.05, 3.63) is 63.2 Å². The number of carbonyl (C=O) groups excluding carboxylic acids is 3. The third-order valence-corrected chi connectivity index (χ3v) is 4.25. The Morgan fingerprint density at radius 1 is 1.23 bits per heavy atom. The first kappa shape index (κ1) is 20.5. The number of nitro groups is 1. The maximum atomic E-state index is 12.9. The molecule has 1 saturated heterocycles. The number of phenolic OH excluding ortho intramolecular Hbond substituents is 1. The largest absolute Gasteiger partial charge is 0.500 e. The van der Waals surface area contributed by atoms with Gasteiger partial charge in [-0.15, -0.1) is 0 Å². The van der Waals surface area contributed by atoms with Crippen molar-refractivity contribution in [3.8, 4) is 11.5 Å². The molecule has 0 atom stereocenters. The minimum absolute atomic E-state index is 0.0694. The molecule has 30 heavy (non-hydrogen) atoms. The Labute approximate surface area is 170 Å².